The first-order valence-electron chi connectivity index (χ1n) is 7.79. The molecule has 0 aliphatic carbocycles. The third kappa shape index (κ3) is 3.57. The number of nitrogens with one attached hydrogen (secondary N) is 1. The van der Waals surface area contributed by atoms with Crippen molar-refractivity contribution in [1.82, 2.24) is 0 Å². The number of fused-ring (bicyclic) bond motifs is 1. The van der Waals surface area contributed by atoms with E-state index in [4.69, 9.17) is 21.6 Å². The molecule has 3 rings (SSSR count). The summed E-state index contributed by atoms with van der Waals surface area (Å²) in [5.41, 5.74) is 1.33. The van der Waals surface area contributed by atoms with Crippen LogP contribution in [-0.2, 0) is 0 Å². The number of carbonyl (C=O) groups excluding carboxylic acids is 1. The Morgan fingerprint density at radius 3 is 2.52 bits per heavy atom. The Labute approximate surface area is 150 Å². The lowest BCUT2D eigenvalue weighted by Crippen LogP contribution is -2.14. The minimum Gasteiger partial charge on any atom is -0.493 e. The molecule has 3 aromatic rings. The molecule has 0 fully saturated rings. The monoisotopic (exact) mass is 350 g/mol. The number of benzene rings is 3. The number of hydrogen-bond acceptors (Lipinski definition) is 3. The van der Waals surface area contributed by atoms with Gasteiger partial charge < -0.3 is 10.1 Å². The summed E-state index contributed by atoms with van der Waals surface area (Å²) in [6.45, 7) is 2.33. The van der Waals surface area contributed by atoms with Crippen molar-refractivity contribution in [2.24, 2.45) is 0 Å². The van der Waals surface area contributed by atoms with Crippen molar-refractivity contribution in [1.29, 1.82) is 5.26 Å². The van der Waals surface area contributed by atoms with Gasteiger partial charge in [0.05, 0.1) is 22.8 Å². The van der Waals surface area contributed by atoms with Gasteiger partial charge in [-0.05, 0) is 48.0 Å². The minimum absolute atomic E-state index is 0.295. The molecule has 0 aliphatic rings. The normalized spacial score (nSPS) is 10.3. The maximum atomic E-state index is 12.7. The van der Waals surface area contributed by atoms with Crippen LogP contribution in [0.3, 0.4) is 0 Å². The molecule has 4 nitrogen and oxygen atoms in total. The fourth-order valence-electron chi connectivity index (χ4n) is 2.55. The summed E-state index contributed by atoms with van der Waals surface area (Å²) in [5, 5.41) is 14.0. The molecule has 0 bridgehead atoms. The molecule has 1 N–H and O–H groups in total. The van der Waals surface area contributed by atoms with Crippen molar-refractivity contribution in [2.75, 3.05) is 11.9 Å². The third-order valence-electron chi connectivity index (χ3n) is 3.74. The second kappa shape index (κ2) is 7.25. The molecule has 0 atom stereocenters. The van der Waals surface area contributed by atoms with Crippen LogP contribution in [0.1, 0.15) is 22.8 Å². The first kappa shape index (κ1) is 16.8. The van der Waals surface area contributed by atoms with E-state index in [1.165, 1.54) is 0 Å². The highest BCUT2D eigenvalue weighted by Crippen LogP contribution is 2.28. The summed E-state index contributed by atoms with van der Waals surface area (Å²) >= 11 is 6.02. The summed E-state index contributed by atoms with van der Waals surface area (Å²) in [5.74, 6) is 0.230. The van der Waals surface area contributed by atoms with Gasteiger partial charge in [0.2, 0.25) is 0 Å². The van der Waals surface area contributed by atoms with E-state index in [-0.39, 0.29) is 5.91 Å². The van der Waals surface area contributed by atoms with Gasteiger partial charge in [0.1, 0.15) is 11.8 Å². The van der Waals surface area contributed by atoms with Gasteiger partial charge in [0, 0.05) is 5.69 Å². The lowest BCUT2D eigenvalue weighted by molar-refractivity contribution is 0.102. The molecule has 0 heterocycles. The molecule has 0 radical (unpaired) electrons. The number of anilines is 1. The largest absolute Gasteiger partial charge is 0.493 e. The molecule has 5 heteroatoms. The van der Waals surface area contributed by atoms with Crippen molar-refractivity contribution in [2.45, 2.75) is 6.92 Å². The Morgan fingerprint density at radius 2 is 1.88 bits per heavy atom. The molecule has 25 heavy (non-hydrogen) atoms. The molecule has 124 valence electrons. The lowest BCUT2D eigenvalue weighted by Gasteiger charge is -2.12. The number of rotatable bonds is 4. The van der Waals surface area contributed by atoms with Crippen LogP contribution in [0.4, 0.5) is 5.69 Å². The highest BCUT2D eigenvalue weighted by Gasteiger charge is 2.15. The summed E-state index contributed by atoms with van der Waals surface area (Å²) in [6, 6.07) is 18.2. The van der Waals surface area contributed by atoms with Crippen LogP contribution < -0.4 is 10.1 Å². The van der Waals surface area contributed by atoms with Crippen LogP contribution >= 0.6 is 11.6 Å². The van der Waals surface area contributed by atoms with E-state index >= 15 is 0 Å². The zero-order valence-electron chi connectivity index (χ0n) is 13.5. The predicted molar refractivity (Wildman–Crippen MR) is 99.2 cm³/mol. The summed E-state index contributed by atoms with van der Waals surface area (Å²) in [6.07, 6.45) is 0. The summed E-state index contributed by atoms with van der Waals surface area (Å²) in [7, 11) is 0. The van der Waals surface area contributed by atoms with Gasteiger partial charge >= 0.3 is 0 Å². The van der Waals surface area contributed by atoms with Gasteiger partial charge in [-0.15, -0.1) is 0 Å². The Balaban J connectivity index is 1.97. The van der Waals surface area contributed by atoms with Crippen LogP contribution in [0, 0.1) is 11.3 Å². The first-order valence-corrected chi connectivity index (χ1v) is 8.16. The molecule has 0 saturated carbocycles. The smallest absolute Gasteiger partial charge is 0.259 e. The van der Waals surface area contributed by atoms with Crippen molar-refractivity contribution in [3.63, 3.8) is 0 Å². The van der Waals surface area contributed by atoms with E-state index in [1.54, 1.807) is 24.3 Å². The molecular weight excluding hydrogens is 336 g/mol. The highest BCUT2D eigenvalue weighted by atomic mass is 35.5. The lowest BCUT2D eigenvalue weighted by atomic mass is 10.1. The first-order chi connectivity index (χ1) is 12.1. The maximum Gasteiger partial charge on any atom is 0.259 e. The highest BCUT2D eigenvalue weighted by molar-refractivity contribution is 6.32. The maximum absolute atomic E-state index is 12.7. The van der Waals surface area contributed by atoms with Crippen LogP contribution in [0.15, 0.2) is 54.6 Å². The zero-order valence-corrected chi connectivity index (χ0v) is 14.3. The molecule has 3 aromatic carbocycles. The van der Waals surface area contributed by atoms with Gasteiger partial charge in [-0.3, -0.25) is 4.79 Å². The number of carbonyl (C=O) groups is 1. The standard InChI is InChI=1S/C20H15ClN2O2/c1-2-25-19-10-14-6-4-3-5-13(14)9-17(19)20(24)23-16-8-7-15(12-22)18(21)11-16/h3-11H,2H2,1H3,(H,23,24). The van der Waals surface area contributed by atoms with Gasteiger partial charge in [0.25, 0.3) is 5.91 Å². The molecule has 0 aromatic heterocycles. The second-order valence-electron chi connectivity index (χ2n) is 5.39. The van der Waals surface area contributed by atoms with Crippen LogP contribution in [0.5, 0.6) is 5.75 Å². The summed E-state index contributed by atoms with van der Waals surface area (Å²) in [4.78, 5) is 12.7. The van der Waals surface area contributed by atoms with E-state index in [9.17, 15) is 4.79 Å². The van der Waals surface area contributed by atoms with Crippen LogP contribution in [-0.4, -0.2) is 12.5 Å². The van der Waals surface area contributed by atoms with Gasteiger partial charge in [-0.1, -0.05) is 35.9 Å². The number of nitriles is 1. The molecule has 0 spiro atoms. The fourth-order valence-corrected chi connectivity index (χ4v) is 2.78. The van der Waals surface area contributed by atoms with Gasteiger partial charge in [-0.2, -0.15) is 5.26 Å². The Bertz CT molecular complexity index is 993. The number of halogens is 1. The molecule has 0 unspecified atom stereocenters. The number of hydrogen-bond donors (Lipinski definition) is 1. The molecular formula is C20H15ClN2O2. The summed E-state index contributed by atoms with van der Waals surface area (Å²) < 4.78 is 5.63. The van der Waals surface area contributed by atoms with E-state index in [1.807, 2.05) is 43.3 Å². The topological polar surface area (TPSA) is 62.1 Å². The van der Waals surface area contributed by atoms with Gasteiger partial charge in [-0.25, -0.2) is 0 Å². The third-order valence-corrected chi connectivity index (χ3v) is 4.05. The number of amides is 1. The van der Waals surface area contributed by atoms with Crippen LogP contribution in [0.2, 0.25) is 5.02 Å². The number of nitrogens with zero attached hydrogens (tertiary/aromatic N) is 1. The minimum atomic E-state index is -0.296. The van der Waals surface area contributed by atoms with Crippen molar-refractivity contribution in [3.05, 3.63) is 70.7 Å². The van der Waals surface area contributed by atoms with E-state index < -0.39 is 0 Å². The Morgan fingerprint density at radius 1 is 1.16 bits per heavy atom. The fraction of sp³-hybridized carbons (Fsp3) is 0.100. The zero-order chi connectivity index (χ0) is 17.8. The van der Waals surface area contributed by atoms with Gasteiger partial charge in [0.15, 0.2) is 0 Å². The SMILES string of the molecule is CCOc1cc2ccccc2cc1C(=O)Nc1ccc(C#N)c(Cl)c1. The van der Waals surface area contributed by atoms with E-state index in [0.717, 1.165) is 10.8 Å². The number of ether oxygens (including phenoxy) is 1. The Hall–Kier alpha value is -3.03. The predicted octanol–water partition coefficient (Wildman–Crippen LogP) is 5.02. The molecule has 0 aliphatic heterocycles. The average Bonchev–Trinajstić information content (AvgIpc) is 2.61. The average molecular weight is 351 g/mol. The Kier molecular flexibility index (Phi) is 4.87. The van der Waals surface area contributed by atoms with Crippen molar-refractivity contribution in [3.8, 4) is 11.8 Å². The quantitative estimate of drug-likeness (QED) is 0.718. The molecule has 0 saturated heterocycles. The van der Waals surface area contributed by atoms with E-state index in [2.05, 4.69) is 5.32 Å². The van der Waals surface area contributed by atoms with Crippen LogP contribution in [0.25, 0.3) is 10.8 Å². The molecule has 1 amide bonds. The van der Waals surface area contributed by atoms with E-state index in [0.29, 0.717) is 34.2 Å². The van der Waals surface area contributed by atoms with Crippen molar-refractivity contribution >= 4 is 34.0 Å². The second-order valence-corrected chi connectivity index (χ2v) is 5.80. The van der Waals surface area contributed by atoms with Crippen molar-refractivity contribution < 1.29 is 9.53 Å².